The molecule has 0 saturated heterocycles. The molecular formula is C12H19ClN4O. The molecule has 0 aliphatic rings. The van der Waals surface area contributed by atoms with Crippen molar-refractivity contribution in [3.05, 3.63) is 23.2 Å². The van der Waals surface area contributed by atoms with Crippen molar-refractivity contribution in [1.29, 1.82) is 0 Å². The van der Waals surface area contributed by atoms with Gasteiger partial charge in [0.05, 0.1) is 12.1 Å². The van der Waals surface area contributed by atoms with Gasteiger partial charge >= 0.3 is 0 Å². The summed E-state index contributed by atoms with van der Waals surface area (Å²) >= 11 is 6.03. The van der Waals surface area contributed by atoms with E-state index in [2.05, 4.69) is 22.7 Å². The molecule has 0 atom stereocenters. The van der Waals surface area contributed by atoms with E-state index in [9.17, 15) is 0 Å². The van der Waals surface area contributed by atoms with Crippen LogP contribution in [0.2, 0.25) is 5.02 Å². The van der Waals surface area contributed by atoms with Crippen LogP contribution in [-0.2, 0) is 0 Å². The van der Waals surface area contributed by atoms with Gasteiger partial charge in [0, 0.05) is 12.2 Å². The van der Waals surface area contributed by atoms with E-state index in [0.29, 0.717) is 16.7 Å². The van der Waals surface area contributed by atoms with E-state index in [4.69, 9.17) is 22.2 Å². The zero-order valence-electron chi connectivity index (χ0n) is 10.7. The number of ether oxygens (including phenoxy) is 1. The molecule has 1 aromatic rings. The summed E-state index contributed by atoms with van der Waals surface area (Å²) in [6, 6.07) is 5.38. The number of methoxy groups -OCH3 is 1. The fraction of sp³-hybridized carbons (Fsp3) is 0.417. The molecule has 5 nitrogen and oxygen atoms in total. The first kappa shape index (κ1) is 14.6. The number of halogens is 1. The summed E-state index contributed by atoms with van der Waals surface area (Å²) in [5.74, 6) is 6.55. The number of nitrogens with one attached hydrogen (secondary N) is 2. The Balaban J connectivity index is 2.70. The molecule has 0 spiro atoms. The topological polar surface area (TPSA) is 71.7 Å². The number of unbranched alkanes of at least 4 members (excludes halogenated alkanes) is 1. The number of guanidine groups is 1. The molecule has 6 heteroatoms. The maximum Gasteiger partial charge on any atom is 0.210 e. The van der Waals surface area contributed by atoms with Crippen molar-refractivity contribution < 1.29 is 4.74 Å². The molecule has 0 radical (unpaired) electrons. The second kappa shape index (κ2) is 7.79. The molecule has 0 aromatic heterocycles. The maximum absolute atomic E-state index is 6.03. The van der Waals surface area contributed by atoms with Gasteiger partial charge in [0.25, 0.3) is 0 Å². The lowest BCUT2D eigenvalue weighted by Gasteiger charge is -2.10. The largest absolute Gasteiger partial charge is 0.495 e. The Morgan fingerprint density at radius 3 is 2.83 bits per heavy atom. The molecule has 0 unspecified atom stereocenters. The summed E-state index contributed by atoms with van der Waals surface area (Å²) in [5.41, 5.74) is 3.32. The van der Waals surface area contributed by atoms with E-state index in [1.54, 1.807) is 19.2 Å². The molecule has 0 bridgehead atoms. The van der Waals surface area contributed by atoms with Crippen molar-refractivity contribution in [2.75, 3.05) is 19.0 Å². The predicted molar refractivity (Wildman–Crippen MR) is 76.2 cm³/mol. The van der Waals surface area contributed by atoms with E-state index >= 15 is 0 Å². The molecule has 18 heavy (non-hydrogen) atoms. The zero-order chi connectivity index (χ0) is 13.4. The Bertz CT molecular complexity index is 409. The van der Waals surface area contributed by atoms with E-state index in [1.807, 2.05) is 6.07 Å². The molecule has 1 rings (SSSR count). The quantitative estimate of drug-likeness (QED) is 0.253. The van der Waals surface area contributed by atoms with E-state index in [1.165, 1.54) is 0 Å². The number of hydrogen-bond acceptors (Lipinski definition) is 3. The Morgan fingerprint density at radius 1 is 1.50 bits per heavy atom. The Kier molecular flexibility index (Phi) is 6.32. The molecule has 0 amide bonds. The number of hydrogen-bond donors (Lipinski definition) is 3. The summed E-state index contributed by atoms with van der Waals surface area (Å²) < 4.78 is 5.08. The average Bonchev–Trinajstić information content (AvgIpc) is 2.38. The van der Waals surface area contributed by atoms with Crippen LogP contribution in [-0.4, -0.2) is 19.6 Å². The number of nitrogens with zero attached hydrogens (tertiary/aromatic N) is 1. The van der Waals surface area contributed by atoms with Gasteiger partial charge in [-0.05, 0) is 24.6 Å². The molecule has 0 aliphatic carbocycles. The van der Waals surface area contributed by atoms with Crippen LogP contribution in [0.1, 0.15) is 19.8 Å². The van der Waals surface area contributed by atoms with Crippen LogP contribution in [0.15, 0.2) is 23.2 Å². The molecule has 100 valence electrons. The Hall–Kier alpha value is -1.46. The maximum atomic E-state index is 6.03. The van der Waals surface area contributed by atoms with Gasteiger partial charge in [-0.25, -0.2) is 5.84 Å². The average molecular weight is 271 g/mol. The summed E-state index contributed by atoms with van der Waals surface area (Å²) in [7, 11) is 1.58. The lowest BCUT2D eigenvalue weighted by atomic mass is 10.3. The van der Waals surface area contributed by atoms with Gasteiger partial charge in [-0.15, -0.1) is 0 Å². The molecule has 0 saturated carbocycles. The van der Waals surface area contributed by atoms with E-state index in [0.717, 1.165) is 25.1 Å². The minimum Gasteiger partial charge on any atom is -0.495 e. The highest BCUT2D eigenvalue weighted by Crippen LogP contribution is 2.27. The highest BCUT2D eigenvalue weighted by Gasteiger charge is 2.03. The molecular weight excluding hydrogens is 252 g/mol. The van der Waals surface area contributed by atoms with Crippen LogP contribution in [0.3, 0.4) is 0 Å². The monoisotopic (exact) mass is 270 g/mol. The van der Waals surface area contributed by atoms with Crippen LogP contribution < -0.4 is 21.3 Å². The Labute approximate surface area is 112 Å². The number of rotatable bonds is 5. The molecule has 0 fully saturated rings. The number of hydrazine groups is 1. The first-order chi connectivity index (χ1) is 8.71. The fourth-order valence-electron chi connectivity index (χ4n) is 1.35. The van der Waals surface area contributed by atoms with Crippen molar-refractivity contribution in [1.82, 2.24) is 5.43 Å². The van der Waals surface area contributed by atoms with Crippen LogP contribution in [0.5, 0.6) is 5.75 Å². The van der Waals surface area contributed by atoms with Crippen molar-refractivity contribution in [3.8, 4) is 5.75 Å². The first-order valence-electron chi connectivity index (χ1n) is 5.83. The van der Waals surface area contributed by atoms with Gasteiger partial charge in [0.2, 0.25) is 5.96 Å². The fourth-order valence-corrected chi connectivity index (χ4v) is 1.61. The van der Waals surface area contributed by atoms with E-state index < -0.39 is 0 Å². The smallest absolute Gasteiger partial charge is 0.210 e. The third kappa shape index (κ3) is 4.43. The van der Waals surface area contributed by atoms with Gasteiger partial charge in [-0.1, -0.05) is 24.9 Å². The normalized spacial score (nSPS) is 11.2. The standard InChI is InChI=1S/C12H19ClN4O/c1-3-4-7-15-12(17-14)16-9-5-6-11(18-2)10(13)8-9/h5-6,8H,3-4,7,14H2,1-2H3,(H2,15,16,17). The second-order valence-corrected chi connectivity index (χ2v) is 4.11. The van der Waals surface area contributed by atoms with Crippen LogP contribution >= 0.6 is 11.6 Å². The SMILES string of the molecule is CCCCN=C(NN)Nc1ccc(OC)c(Cl)c1. The minimum atomic E-state index is 0.518. The second-order valence-electron chi connectivity index (χ2n) is 3.70. The van der Waals surface area contributed by atoms with E-state index in [-0.39, 0.29) is 0 Å². The number of benzene rings is 1. The zero-order valence-corrected chi connectivity index (χ0v) is 11.4. The van der Waals surface area contributed by atoms with Crippen molar-refractivity contribution in [2.45, 2.75) is 19.8 Å². The van der Waals surface area contributed by atoms with Gasteiger partial charge < -0.3 is 10.1 Å². The van der Waals surface area contributed by atoms with Crippen LogP contribution in [0.25, 0.3) is 0 Å². The lowest BCUT2D eigenvalue weighted by Crippen LogP contribution is -2.36. The highest BCUT2D eigenvalue weighted by atomic mass is 35.5. The summed E-state index contributed by atoms with van der Waals surface area (Å²) in [6.45, 7) is 2.84. The number of anilines is 1. The summed E-state index contributed by atoms with van der Waals surface area (Å²) in [5, 5.41) is 3.59. The molecule has 0 aliphatic heterocycles. The highest BCUT2D eigenvalue weighted by molar-refractivity contribution is 6.32. The summed E-state index contributed by atoms with van der Waals surface area (Å²) in [4.78, 5) is 4.29. The molecule has 1 aromatic carbocycles. The van der Waals surface area contributed by atoms with Crippen molar-refractivity contribution in [3.63, 3.8) is 0 Å². The minimum absolute atomic E-state index is 0.518. The van der Waals surface area contributed by atoms with Gasteiger partial charge in [0.1, 0.15) is 5.75 Å². The predicted octanol–water partition coefficient (Wildman–Crippen LogP) is 2.38. The van der Waals surface area contributed by atoms with Crippen LogP contribution in [0.4, 0.5) is 5.69 Å². The number of nitrogens with two attached hydrogens (primary N) is 1. The van der Waals surface area contributed by atoms with Crippen molar-refractivity contribution >= 4 is 23.2 Å². The number of aliphatic imine (C=N–C) groups is 1. The van der Waals surface area contributed by atoms with Gasteiger partial charge in [0.15, 0.2) is 0 Å². The third-order valence-corrected chi connectivity index (χ3v) is 2.63. The third-order valence-electron chi connectivity index (χ3n) is 2.33. The molecule has 0 heterocycles. The van der Waals surface area contributed by atoms with Gasteiger partial charge in [-0.2, -0.15) is 0 Å². The molecule has 4 N–H and O–H groups in total. The van der Waals surface area contributed by atoms with Gasteiger partial charge in [-0.3, -0.25) is 10.4 Å². The summed E-state index contributed by atoms with van der Waals surface area (Å²) in [6.07, 6.45) is 2.12. The van der Waals surface area contributed by atoms with Crippen LogP contribution in [0, 0.1) is 0 Å². The van der Waals surface area contributed by atoms with Crippen molar-refractivity contribution in [2.24, 2.45) is 10.8 Å². The Morgan fingerprint density at radius 2 is 2.28 bits per heavy atom. The lowest BCUT2D eigenvalue weighted by molar-refractivity contribution is 0.415. The first-order valence-corrected chi connectivity index (χ1v) is 6.20.